The van der Waals surface area contributed by atoms with E-state index in [1.54, 1.807) is 6.20 Å². The molecule has 1 saturated heterocycles. The third-order valence-corrected chi connectivity index (χ3v) is 6.26. The van der Waals surface area contributed by atoms with Crippen LogP contribution in [0.3, 0.4) is 0 Å². The fourth-order valence-corrected chi connectivity index (χ4v) is 4.64. The summed E-state index contributed by atoms with van der Waals surface area (Å²) in [5.41, 5.74) is 2.23. The van der Waals surface area contributed by atoms with Crippen LogP contribution in [0.15, 0.2) is 18.6 Å². The van der Waals surface area contributed by atoms with Crippen molar-refractivity contribution in [1.82, 2.24) is 24.8 Å². The largest absolute Gasteiger partial charge is 0.395 e. The van der Waals surface area contributed by atoms with Gasteiger partial charge in [0.25, 0.3) is 5.91 Å². The monoisotopic (exact) mass is 385 g/mol. The average Bonchev–Trinajstić information content (AvgIpc) is 3.40. The quantitative estimate of drug-likeness (QED) is 0.716. The van der Waals surface area contributed by atoms with Crippen molar-refractivity contribution in [3.8, 4) is 0 Å². The first-order valence-corrected chi connectivity index (χ1v) is 10.7. The molecular formula is C21H31N5O2. The van der Waals surface area contributed by atoms with Gasteiger partial charge in [0.05, 0.1) is 18.5 Å². The molecule has 1 aliphatic carbocycles. The minimum atomic E-state index is -0.0952. The molecule has 0 bridgehead atoms. The van der Waals surface area contributed by atoms with Gasteiger partial charge >= 0.3 is 0 Å². The first kappa shape index (κ1) is 19.3. The van der Waals surface area contributed by atoms with Crippen molar-refractivity contribution in [2.24, 2.45) is 0 Å². The second-order valence-corrected chi connectivity index (χ2v) is 8.13. The van der Waals surface area contributed by atoms with Gasteiger partial charge in [0, 0.05) is 31.4 Å². The van der Waals surface area contributed by atoms with Gasteiger partial charge in [-0.05, 0) is 44.7 Å². The molecule has 28 heavy (non-hydrogen) atoms. The number of likely N-dealkylation sites (tertiary alicyclic amines) is 1. The van der Waals surface area contributed by atoms with E-state index in [4.69, 9.17) is 0 Å². The number of aromatic nitrogens is 3. The molecule has 2 aliphatic rings. The Labute approximate surface area is 166 Å². The van der Waals surface area contributed by atoms with Crippen LogP contribution in [0, 0.1) is 0 Å². The van der Waals surface area contributed by atoms with Gasteiger partial charge in [0.1, 0.15) is 5.52 Å². The number of nitrogens with one attached hydrogen (secondary N) is 1. The number of imidazole rings is 1. The second kappa shape index (κ2) is 9.01. The lowest BCUT2D eigenvalue weighted by Gasteiger charge is -2.34. The van der Waals surface area contributed by atoms with E-state index in [9.17, 15) is 9.90 Å². The molecule has 2 N–H and O–H groups in total. The van der Waals surface area contributed by atoms with Crippen LogP contribution in [-0.4, -0.2) is 62.7 Å². The highest BCUT2D eigenvalue weighted by atomic mass is 16.3. The number of aliphatic hydroxyl groups excluding tert-OH is 1. The van der Waals surface area contributed by atoms with Crippen LogP contribution in [-0.2, 0) is 0 Å². The molecule has 1 unspecified atom stereocenters. The Morgan fingerprint density at radius 3 is 2.82 bits per heavy atom. The topological polar surface area (TPSA) is 83.3 Å². The maximum absolute atomic E-state index is 12.5. The van der Waals surface area contributed by atoms with Crippen molar-refractivity contribution in [2.75, 3.05) is 26.2 Å². The van der Waals surface area contributed by atoms with Gasteiger partial charge in [-0.15, -0.1) is 0 Å². The summed E-state index contributed by atoms with van der Waals surface area (Å²) in [6, 6.07) is 2.62. The molecule has 0 aromatic carbocycles. The van der Waals surface area contributed by atoms with Crippen LogP contribution in [0.4, 0.5) is 0 Å². The standard InChI is InChI=1S/C21H31N5O2/c27-14-18-8-3-4-10-25(18)11-5-9-22-21(28)16-12-19-20(23-13-16)26(15-24-19)17-6-1-2-7-17/h12-13,15,17-18,27H,1-11,14H2,(H,22,28). The van der Waals surface area contributed by atoms with Crippen LogP contribution in [0.5, 0.6) is 0 Å². The molecule has 7 heteroatoms. The van der Waals surface area contributed by atoms with E-state index in [1.807, 2.05) is 12.4 Å². The highest BCUT2D eigenvalue weighted by molar-refractivity contribution is 5.96. The highest BCUT2D eigenvalue weighted by Crippen LogP contribution is 2.31. The Hall–Kier alpha value is -1.99. The van der Waals surface area contributed by atoms with Gasteiger partial charge in [-0.25, -0.2) is 9.97 Å². The molecule has 2 aromatic rings. The molecule has 4 rings (SSSR count). The summed E-state index contributed by atoms with van der Waals surface area (Å²) in [4.78, 5) is 23.8. The Bertz CT molecular complexity index is 799. The van der Waals surface area contributed by atoms with Crippen molar-refractivity contribution in [1.29, 1.82) is 0 Å². The van der Waals surface area contributed by atoms with E-state index in [0.717, 1.165) is 37.1 Å². The first-order valence-electron chi connectivity index (χ1n) is 10.7. The number of carbonyl (C=O) groups is 1. The van der Waals surface area contributed by atoms with E-state index in [-0.39, 0.29) is 18.6 Å². The van der Waals surface area contributed by atoms with Crippen LogP contribution in [0.1, 0.15) is 67.8 Å². The molecule has 3 heterocycles. The number of piperidine rings is 1. The number of pyridine rings is 1. The number of hydrogen-bond acceptors (Lipinski definition) is 5. The Morgan fingerprint density at radius 1 is 1.18 bits per heavy atom. The van der Waals surface area contributed by atoms with Crippen LogP contribution >= 0.6 is 0 Å². The van der Waals surface area contributed by atoms with Gasteiger partial charge < -0.3 is 15.0 Å². The third-order valence-electron chi connectivity index (χ3n) is 6.26. The Kier molecular flexibility index (Phi) is 6.22. The molecule has 1 aliphatic heterocycles. The van der Waals surface area contributed by atoms with Crippen molar-refractivity contribution < 1.29 is 9.90 Å². The number of aliphatic hydroxyl groups is 1. The summed E-state index contributed by atoms with van der Waals surface area (Å²) in [6.07, 6.45) is 12.8. The zero-order valence-corrected chi connectivity index (χ0v) is 16.5. The molecule has 2 fully saturated rings. The Morgan fingerprint density at radius 2 is 2.00 bits per heavy atom. The van der Waals surface area contributed by atoms with Crippen molar-refractivity contribution in [3.63, 3.8) is 0 Å². The fraction of sp³-hybridized carbons (Fsp3) is 0.667. The molecule has 1 amide bonds. The maximum atomic E-state index is 12.5. The van der Waals surface area contributed by atoms with E-state index < -0.39 is 0 Å². The SMILES string of the molecule is O=C(NCCCN1CCCCC1CO)c1cnc2c(c1)ncn2C1CCCC1. The van der Waals surface area contributed by atoms with Gasteiger partial charge in [-0.2, -0.15) is 0 Å². The summed E-state index contributed by atoms with van der Waals surface area (Å²) in [5.74, 6) is -0.0952. The van der Waals surface area contributed by atoms with Crippen molar-refractivity contribution in [2.45, 2.75) is 63.5 Å². The zero-order chi connectivity index (χ0) is 19.3. The normalized spacial score (nSPS) is 21.4. The Balaban J connectivity index is 1.30. The molecule has 0 spiro atoms. The minimum Gasteiger partial charge on any atom is -0.395 e. The number of carbonyl (C=O) groups excluding carboxylic acids is 1. The van der Waals surface area contributed by atoms with E-state index in [0.29, 0.717) is 18.2 Å². The summed E-state index contributed by atoms with van der Waals surface area (Å²) in [7, 11) is 0. The average molecular weight is 386 g/mol. The molecule has 0 radical (unpaired) electrons. The van der Waals surface area contributed by atoms with E-state index >= 15 is 0 Å². The van der Waals surface area contributed by atoms with Gasteiger partial charge in [-0.3, -0.25) is 9.69 Å². The maximum Gasteiger partial charge on any atom is 0.252 e. The molecule has 2 aromatic heterocycles. The molecule has 7 nitrogen and oxygen atoms in total. The lowest BCUT2D eigenvalue weighted by atomic mass is 10.0. The summed E-state index contributed by atoms with van der Waals surface area (Å²) in [5, 5.41) is 12.5. The number of fused-ring (bicyclic) bond motifs is 1. The van der Waals surface area contributed by atoms with Crippen LogP contribution < -0.4 is 5.32 Å². The van der Waals surface area contributed by atoms with Crippen LogP contribution in [0.2, 0.25) is 0 Å². The van der Waals surface area contributed by atoms with Gasteiger partial charge in [0.2, 0.25) is 0 Å². The molecular weight excluding hydrogens is 354 g/mol. The molecule has 152 valence electrons. The summed E-state index contributed by atoms with van der Waals surface area (Å²) in [6.45, 7) is 2.81. The summed E-state index contributed by atoms with van der Waals surface area (Å²) < 4.78 is 2.17. The second-order valence-electron chi connectivity index (χ2n) is 8.13. The van der Waals surface area contributed by atoms with Crippen molar-refractivity contribution in [3.05, 3.63) is 24.2 Å². The van der Waals surface area contributed by atoms with Crippen LogP contribution in [0.25, 0.3) is 11.2 Å². The number of nitrogens with zero attached hydrogens (tertiary/aromatic N) is 4. The van der Waals surface area contributed by atoms with Gasteiger partial charge in [0.15, 0.2) is 5.65 Å². The fourth-order valence-electron chi connectivity index (χ4n) is 4.64. The third kappa shape index (κ3) is 4.20. The number of hydrogen-bond donors (Lipinski definition) is 2. The van der Waals surface area contributed by atoms with Gasteiger partial charge in [-0.1, -0.05) is 19.3 Å². The van der Waals surface area contributed by atoms with E-state index in [1.165, 1.54) is 38.5 Å². The predicted octanol–water partition coefficient (Wildman–Crippen LogP) is 2.51. The molecule has 1 atom stereocenters. The zero-order valence-electron chi connectivity index (χ0n) is 16.5. The highest BCUT2D eigenvalue weighted by Gasteiger charge is 2.21. The van der Waals surface area contributed by atoms with Crippen molar-refractivity contribution >= 4 is 17.1 Å². The lowest BCUT2D eigenvalue weighted by Crippen LogP contribution is -2.43. The van der Waals surface area contributed by atoms with E-state index in [2.05, 4.69) is 24.8 Å². The first-order chi connectivity index (χ1) is 13.8. The number of amides is 1. The summed E-state index contributed by atoms with van der Waals surface area (Å²) >= 11 is 0. The molecule has 1 saturated carbocycles. The number of rotatable bonds is 7. The predicted molar refractivity (Wildman–Crippen MR) is 108 cm³/mol. The minimum absolute atomic E-state index is 0.0952. The lowest BCUT2D eigenvalue weighted by molar-refractivity contribution is 0.0868. The smallest absolute Gasteiger partial charge is 0.252 e.